The lowest BCUT2D eigenvalue weighted by molar-refractivity contribution is -0.142. The van der Waals surface area contributed by atoms with Crippen LogP contribution in [0.4, 0.5) is 0 Å². The molecule has 2 heteroatoms. The number of carbonyl (C=O) groups is 1. The molecule has 1 heterocycles. The molecule has 3 aliphatic rings. The van der Waals surface area contributed by atoms with Crippen LogP contribution in [0.1, 0.15) is 39.0 Å². The van der Waals surface area contributed by atoms with E-state index in [9.17, 15) is 4.79 Å². The van der Waals surface area contributed by atoms with Gasteiger partial charge in [-0.2, -0.15) is 0 Å². The summed E-state index contributed by atoms with van der Waals surface area (Å²) in [7, 11) is 0. The van der Waals surface area contributed by atoms with Crippen LogP contribution in [0.25, 0.3) is 0 Å². The van der Waals surface area contributed by atoms with Gasteiger partial charge in [0.1, 0.15) is 6.10 Å². The van der Waals surface area contributed by atoms with Crippen molar-refractivity contribution in [2.75, 3.05) is 0 Å². The van der Waals surface area contributed by atoms with Crippen molar-refractivity contribution in [3.63, 3.8) is 0 Å². The number of ether oxygens (including phenoxy) is 1. The Hall–Kier alpha value is -1.05. The molecule has 1 saturated heterocycles. The fourth-order valence-electron chi connectivity index (χ4n) is 4.12. The van der Waals surface area contributed by atoms with Gasteiger partial charge in [0.2, 0.25) is 0 Å². The minimum atomic E-state index is -0.173. The van der Waals surface area contributed by atoms with Crippen LogP contribution in [0, 0.1) is 17.3 Å². The Labute approximate surface area is 103 Å². The number of esters is 1. The molecule has 92 valence electrons. The molecule has 0 aromatic carbocycles. The Morgan fingerprint density at radius 1 is 1.41 bits per heavy atom. The van der Waals surface area contributed by atoms with Gasteiger partial charge in [-0.1, -0.05) is 25.7 Å². The molecule has 0 aromatic heterocycles. The maximum absolute atomic E-state index is 11.6. The number of hydrogen-bond donors (Lipinski definition) is 0. The van der Waals surface area contributed by atoms with Crippen molar-refractivity contribution in [2.45, 2.75) is 45.1 Å². The van der Waals surface area contributed by atoms with Crippen molar-refractivity contribution in [2.24, 2.45) is 17.3 Å². The first-order valence-corrected chi connectivity index (χ1v) is 6.59. The molecular formula is C15H20O2. The van der Waals surface area contributed by atoms with Gasteiger partial charge in [-0.05, 0) is 43.4 Å². The van der Waals surface area contributed by atoms with Crippen molar-refractivity contribution < 1.29 is 9.53 Å². The van der Waals surface area contributed by atoms with Crippen molar-refractivity contribution in [1.29, 1.82) is 0 Å². The highest BCUT2D eigenvalue weighted by molar-refractivity contribution is 5.90. The Morgan fingerprint density at radius 2 is 2.18 bits per heavy atom. The van der Waals surface area contributed by atoms with E-state index in [0.29, 0.717) is 16.9 Å². The molecule has 0 radical (unpaired) electrons. The molecule has 2 nitrogen and oxygen atoms in total. The standard InChI is InChI=1S/C15H20O2/c1-9-5-4-6-15(3)8-13-11(7-12(9)15)10(2)14(16)17-13/h11-13H,1-2,4-8H2,3H3/t11-,12-,13+,15-/m0/s1. The third-order valence-electron chi connectivity index (χ3n) is 5.15. The number of hydrogen-bond acceptors (Lipinski definition) is 2. The molecule has 0 N–H and O–H groups in total. The molecule has 0 bridgehead atoms. The first kappa shape index (κ1) is 11.1. The Bertz CT molecular complexity index is 409. The van der Waals surface area contributed by atoms with Gasteiger partial charge in [0, 0.05) is 11.5 Å². The zero-order valence-corrected chi connectivity index (χ0v) is 10.5. The first-order valence-electron chi connectivity index (χ1n) is 6.59. The highest BCUT2D eigenvalue weighted by Crippen LogP contribution is 2.56. The van der Waals surface area contributed by atoms with Gasteiger partial charge < -0.3 is 4.74 Å². The zero-order valence-electron chi connectivity index (χ0n) is 10.5. The highest BCUT2D eigenvalue weighted by atomic mass is 16.6. The van der Waals surface area contributed by atoms with Crippen LogP contribution in [-0.2, 0) is 9.53 Å². The molecule has 1 aliphatic heterocycles. The van der Waals surface area contributed by atoms with Gasteiger partial charge in [0.05, 0.1) is 0 Å². The molecular weight excluding hydrogens is 212 g/mol. The topological polar surface area (TPSA) is 26.3 Å². The maximum atomic E-state index is 11.6. The van der Waals surface area contributed by atoms with E-state index in [0.717, 1.165) is 19.3 Å². The minimum absolute atomic E-state index is 0.0853. The summed E-state index contributed by atoms with van der Waals surface area (Å²) in [6.07, 6.45) is 5.72. The second kappa shape index (κ2) is 3.47. The number of rotatable bonds is 0. The molecule has 17 heavy (non-hydrogen) atoms. The number of fused-ring (bicyclic) bond motifs is 2. The Kier molecular flexibility index (Phi) is 2.26. The smallest absolute Gasteiger partial charge is 0.334 e. The molecule has 0 unspecified atom stereocenters. The van der Waals surface area contributed by atoms with Gasteiger partial charge in [-0.25, -0.2) is 4.79 Å². The Morgan fingerprint density at radius 3 is 2.94 bits per heavy atom. The van der Waals surface area contributed by atoms with Crippen molar-refractivity contribution in [3.8, 4) is 0 Å². The molecule has 0 spiro atoms. The molecule has 2 saturated carbocycles. The second-order valence-corrected chi connectivity index (χ2v) is 6.23. The van der Waals surface area contributed by atoms with Gasteiger partial charge >= 0.3 is 5.97 Å². The largest absolute Gasteiger partial charge is 0.458 e. The molecule has 0 amide bonds. The molecule has 0 aromatic rings. The summed E-state index contributed by atoms with van der Waals surface area (Å²) in [5.41, 5.74) is 2.36. The van der Waals surface area contributed by atoms with Crippen LogP contribution >= 0.6 is 0 Å². The van der Waals surface area contributed by atoms with Gasteiger partial charge in [-0.3, -0.25) is 0 Å². The summed E-state index contributed by atoms with van der Waals surface area (Å²) < 4.78 is 5.46. The molecule has 4 atom stereocenters. The average Bonchev–Trinajstić information content (AvgIpc) is 2.52. The highest BCUT2D eigenvalue weighted by Gasteiger charge is 2.52. The molecule has 3 rings (SSSR count). The summed E-state index contributed by atoms with van der Waals surface area (Å²) >= 11 is 0. The quantitative estimate of drug-likeness (QED) is 0.364. The fourth-order valence-corrected chi connectivity index (χ4v) is 4.12. The van der Waals surface area contributed by atoms with E-state index in [1.165, 1.54) is 18.4 Å². The van der Waals surface area contributed by atoms with Gasteiger partial charge in [0.15, 0.2) is 0 Å². The maximum Gasteiger partial charge on any atom is 0.334 e. The number of carbonyl (C=O) groups excluding carboxylic acids is 1. The van der Waals surface area contributed by atoms with E-state index in [2.05, 4.69) is 20.1 Å². The summed E-state index contributed by atoms with van der Waals surface area (Å²) in [4.78, 5) is 11.6. The van der Waals surface area contributed by atoms with E-state index in [-0.39, 0.29) is 18.0 Å². The predicted molar refractivity (Wildman–Crippen MR) is 66.3 cm³/mol. The van der Waals surface area contributed by atoms with Crippen LogP contribution in [-0.4, -0.2) is 12.1 Å². The normalized spacial score (nSPS) is 45.2. The van der Waals surface area contributed by atoms with Crippen LogP contribution < -0.4 is 0 Å². The van der Waals surface area contributed by atoms with Crippen molar-refractivity contribution >= 4 is 5.97 Å². The molecule has 3 fully saturated rings. The zero-order chi connectivity index (χ0) is 12.2. The summed E-state index contributed by atoms with van der Waals surface area (Å²) in [6.45, 7) is 10.5. The van der Waals surface area contributed by atoms with Gasteiger partial charge in [-0.15, -0.1) is 0 Å². The van der Waals surface area contributed by atoms with Crippen molar-refractivity contribution in [1.82, 2.24) is 0 Å². The van der Waals surface area contributed by atoms with E-state index in [1.807, 2.05) is 0 Å². The summed E-state index contributed by atoms with van der Waals surface area (Å²) in [6, 6.07) is 0. The third-order valence-corrected chi connectivity index (χ3v) is 5.15. The second-order valence-electron chi connectivity index (χ2n) is 6.23. The van der Waals surface area contributed by atoms with Crippen molar-refractivity contribution in [3.05, 3.63) is 24.3 Å². The predicted octanol–water partition coefficient (Wildman–Crippen LogP) is 3.24. The number of allylic oxidation sites excluding steroid dienone is 1. The van der Waals surface area contributed by atoms with Crippen LogP contribution in [0.2, 0.25) is 0 Å². The van der Waals surface area contributed by atoms with Crippen LogP contribution in [0.5, 0.6) is 0 Å². The van der Waals surface area contributed by atoms with Crippen LogP contribution in [0.15, 0.2) is 24.3 Å². The average molecular weight is 232 g/mol. The lowest BCUT2D eigenvalue weighted by atomic mass is 9.56. The minimum Gasteiger partial charge on any atom is -0.458 e. The SMILES string of the molecule is C=C1C(=O)O[C@@H]2C[C@]3(C)CCCC(=C)[C@@H]3C[C@@H]12. The summed E-state index contributed by atoms with van der Waals surface area (Å²) in [5, 5.41) is 0. The molecule has 2 aliphatic carbocycles. The van der Waals surface area contributed by atoms with Gasteiger partial charge in [0.25, 0.3) is 0 Å². The lowest BCUT2D eigenvalue weighted by Gasteiger charge is -2.49. The first-order chi connectivity index (χ1) is 8.01. The summed E-state index contributed by atoms with van der Waals surface area (Å²) in [5.74, 6) is 0.632. The fraction of sp³-hybridized carbons (Fsp3) is 0.667. The lowest BCUT2D eigenvalue weighted by Crippen LogP contribution is -2.43. The van der Waals surface area contributed by atoms with E-state index in [4.69, 9.17) is 4.74 Å². The van der Waals surface area contributed by atoms with E-state index in [1.54, 1.807) is 0 Å². The van der Waals surface area contributed by atoms with E-state index < -0.39 is 0 Å². The van der Waals surface area contributed by atoms with E-state index >= 15 is 0 Å². The monoisotopic (exact) mass is 232 g/mol. The Balaban J connectivity index is 1.91. The third kappa shape index (κ3) is 1.50. The van der Waals surface area contributed by atoms with Crippen LogP contribution in [0.3, 0.4) is 0 Å².